The van der Waals surface area contributed by atoms with E-state index in [0.29, 0.717) is 6.42 Å². The van der Waals surface area contributed by atoms with Crippen molar-refractivity contribution < 1.29 is 5.11 Å². The maximum absolute atomic E-state index is 10.1. The van der Waals surface area contributed by atoms with E-state index in [1.165, 1.54) is 0 Å². The average Bonchev–Trinajstić information content (AvgIpc) is 2.30. The lowest BCUT2D eigenvalue weighted by Crippen LogP contribution is -2.50. The summed E-state index contributed by atoms with van der Waals surface area (Å²) in [5.41, 5.74) is -0.0378. The molecule has 1 saturated heterocycles. The average molecular weight is 253 g/mol. The minimum Gasteiger partial charge on any atom is -0.391 e. The Balaban J connectivity index is 2.21. The molecule has 4 nitrogen and oxygen atoms in total. The molecule has 1 aliphatic heterocycles. The van der Waals surface area contributed by atoms with Gasteiger partial charge in [-0.05, 0) is 18.4 Å². The van der Waals surface area contributed by atoms with E-state index in [-0.39, 0.29) is 11.5 Å². The Labute approximate surface area is 111 Å². The summed E-state index contributed by atoms with van der Waals surface area (Å²) in [6, 6.07) is 2.19. The molecule has 0 aliphatic carbocycles. The van der Waals surface area contributed by atoms with Gasteiger partial charge >= 0.3 is 0 Å². The third-order valence-electron chi connectivity index (χ3n) is 3.66. The summed E-state index contributed by atoms with van der Waals surface area (Å²) in [6.07, 6.45) is 1.37. The molecule has 0 amide bonds. The molecule has 0 saturated carbocycles. The molecule has 18 heavy (non-hydrogen) atoms. The van der Waals surface area contributed by atoms with Gasteiger partial charge < -0.3 is 10.0 Å². The second kappa shape index (κ2) is 7.08. The summed E-state index contributed by atoms with van der Waals surface area (Å²) in [6.45, 7) is 12.2. The fourth-order valence-corrected chi connectivity index (χ4v) is 2.10. The van der Waals surface area contributed by atoms with Gasteiger partial charge in [0, 0.05) is 39.1 Å². The molecular formula is C14H27N3O. The maximum Gasteiger partial charge on any atom is 0.0715 e. The van der Waals surface area contributed by atoms with Crippen LogP contribution in [0.1, 0.15) is 33.6 Å². The maximum atomic E-state index is 10.1. The first-order valence-electron chi connectivity index (χ1n) is 6.93. The zero-order chi connectivity index (χ0) is 13.6. The molecule has 0 aromatic carbocycles. The van der Waals surface area contributed by atoms with Gasteiger partial charge in [0.2, 0.25) is 0 Å². The van der Waals surface area contributed by atoms with Crippen LogP contribution in [0.3, 0.4) is 0 Å². The van der Waals surface area contributed by atoms with Crippen LogP contribution in [0.5, 0.6) is 0 Å². The lowest BCUT2D eigenvalue weighted by Gasteiger charge is -2.37. The SMILES string of the molecule is CC(C)(C)[C@@H](O)CN1CCN(CCCC#N)CC1. The van der Waals surface area contributed by atoms with E-state index in [0.717, 1.165) is 45.7 Å². The zero-order valence-electron chi connectivity index (χ0n) is 12.0. The Morgan fingerprint density at radius 3 is 2.22 bits per heavy atom. The minimum atomic E-state index is -0.261. The van der Waals surface area contributed by atoms with Crippen LogP contribution < -0.4 is 0 Å². The quantitative estimate of drug-likeness (QED) is 0.751. The topological polar surface area (TPSA) is 50.5 Å². The number of β-amino-alcohol motifs (C(OH)–C–C–N with tert-alkyl or cyclic N) is 1. The Morgan fingerprint density at radius 2 is 1.72 bits per heavy atom. The smallest absolute Gasteiger partial charge is 0.0715 e. The van der Waals surface area contributed by atoms with Crippen molar-refractivity contribution in [2.24, 2.45) is 5.41 Å². The Kier molecular flexibility index (Phi) is 6.07. The highest BCUT2D eigenvalue weighted by molar-refractivity contribution is 4.80. The molecule has 1 aliphatic rings. The highest BCUT2D eigenvalue weighted by atomic mass is 16.3. The molecule has 1 N–H and O–H groups in total. The van der Waals surface area contributed by atoms with Gasteiger partial charge in [-0.1, -0.05) is 20.8 Å². The van der Waals surface area contributed by atoms with Crippen LogP contribution >= 0.6 is 0 Å². The second-order valence-corrected chi connectivity index (χ2v) is 6.29. The van der Waals surface area contributed by atoms with Crippen LogP contribution in [0.2, 0.25) is 0 Å². The molecule has 1 fully saturated rings. The van der Waals surface area contributed by atoms with Gasteiger partial charge in [0.15, 0.2) is 0 Å². The third kappa shape index (κ3) is 5.34. The standard InChI is InChI=1S/C14H27N3O/c1-14(2,3)13(18)12-17-10-8-16(9-11-17)7-5-4-6-15/h13,18H,4-5,7-12H2,1-3H3/t13-/m0/s1. The molecule has 0 aromatic heterocycles. The van der Waals surface area contributed by atoms with Gasteiger partial charge in [0.25, 0.3) is 0 Å². The van der Waals surface area contributed by atoms with E-state index in [4.69, 9.17) is 5.26 Å². The molecule has 1 atom stereocenters. The van der Waals surface area contributed by atoms with Crippen LogP contribution in [0.25, 0.3) is 0 Å². The Bertz CT molecular complexity index is 272. The minimum absolute atomic E-state index is 0.0378. The van der Waals surface area contributed by atoms with Crippen molar-refractivity contribution >= 4 is 0 Å². The van der Waals surface area contributed by atoms with Crippen molar-refractivity contribution in [3.8, 4) is 6.07 Å². The Morgan fingerprint density at radius 1 is 1.17 bits per heavy atom. The summed E-state index contributed by atoms with van der Waals surface area (Å²) in [5, 5.41) is 18.6. The number of unbranched alkanes of at least 4 members (excludes halogenated alkanes) is 1. The number of hydrogen-bond donors (Lipinski definition) is 1. The van der Waals surface area contributed by atoms with Gasteiger partial charge in [-0.2, -0.15) is 5.26 Å². The fourth-order valence-electron chi connectivity index (χ4n) is 2.10. The molecule has 0 radical (unpaired) electrons. The van der Waals surface area contributed by atoms with Crippen molar-refractivity contribution in [2.45, 2.75) is 39.7 Å². The van der Waals surface area contributed by atoms with Crippen molar-refractivity contribution in [3.63, 3.8) is 0 Å². The van der Waals surface area contributed by atoms with Gasteiger partial charge in [0.1, 0.15) is 0 Å². The first-order chi connectivity index (χ1) is 8.43. The number of piperazine rings is 1. The number of nitrogens with zero attached hydrogens (tertiary/aromatic N) is 3. The molecular weight excluding hydrogens is 226 g/mol. The van der Waals surface area contributed by atoms with Crippen LogP contribution in [-0.4, -0.2) is 60.3 Å². The summed E-state index contributed by atoms with van der Waals surface area (Å²) >= 11 is 0. The number of aliphatic hydroxyl groups excluding tert-OH is 1. The molecule has 0 aromatic rings. The van der Waals surface area contributed by atoms with Gasteiger partial charge in [0.05, 0.1) is 12.2 Å². The normalized spacial score (nSPS) is 20.6. The number of rotatable bonds is 5. The molecule has 0 bridgehead atoms. The number of aliphatic hydroxyl groups is 1. The number of hydrogen-bond acceptors (Lipinski definition) is 4. The van der Waals surface area contributed by atoms with Crippen LogP contribution in [0.4, 0.5) is 0 Å². The first kappa shape index (κ1) is 15.4. The van der Waals surface area contributed by atoms with Crippen LogP contribution in [0.15, 0.2) is 0 Å². The van der Waals surface area contributed by atoms with Gasteiger partial charge in [-0.15, -0.1) is 0 Å². The summed E-state index contributed by atoms with van der Waals surface area (Å²) in [4.78, 5) is 4.76. The van der Waals surface area contributed by atoms with Crippen LogP contribution in [-0.2, 0) is 0 Å². The van der Waals surface area contributed by atoms with E-state index in [1.807, 2.05) is 0 Å². The molecule has 0 unspecified atom stereocenters. The Hall–Kier alpha value is -0.630. The summed E-state index contributed by atoms with van der Waals surface area (Å²) in [5.74, 6) is 0. The van der Waals surface area contributed by atoms with E-state index in [1.54, 1.807) is 0 Å². The number of nitriles is 1. The first-order valence-corrected chi connectivity index (χ1v) is 6.93. The zero-order valence-corrected chi connectivity index (χ0v) is 12.0. The molecule has 104 valence electrons. The second-order valence-electron chi connectivity index (χ2n) is 6.29. The summed E-state index contributed by atoms with van der Waals surface area (Å²) < 4.78 is 0. The lowest BCUT2D eigenvalue weighted by atomic mass is 9.89. The van der Waals surface area contributed by atoms with Crippen molar-refractivity contribution in [1.29, 1.82) is 5.26 Å². The van der Waals surface area contributed by atoms with Crippen molar-refractivity contribution in [1.82, 2.24) is 9.80 Å². The van der Waals surface area contributed by atoms with E-state index in [2.05, 4.69) is 36.6 Å². The van der Waals surface area contributed by atoms with Gasteiger partial charge in [-0.3, -0.25) is 4.90 Å². The molecule has 4 heteroatoms. The lowest BCUT2D eigenvalue weighted by molar-refractivity contribution is 0.0134. The highest BCUT2D eigenvalue weighted by Gasteiger charge is 2.26. The fraction of sp³-hybridized carbons (Fsp3) is 0.929. The monoisotopic (exact) mass is 253 g/mol. The van der Waals surface area contributed by atoms with E-state index >= 15 is 0 Å². The highest BCUT2D eigenvalue weighted by Crippen LogP contribution is 2.20. The largest absolute Gasteiger partial charge is 0.391 e. The van der Waals surface area contributed by atoms with Crippen molar-refractivity contribution in [3.05, 3.63) is 0 Å². The third-order valence-corrected chi connectivity index (χ3v) is 3.66. The predicted molar refractivity (Wildman–Crippen MR) is 73.2 cm³/mol. The molecule has 0 spiro atoms. The van der Waals surface area contributed by atoms with Crippen molar-refractivity contribution in [2.75, 3.05) is 39.3 Å². The van der Waals surface area contributed by atoms with E-state index < -0.39 is 0 Å². The molecule has 1 heterocycles. The van der Waals surface area contributed by atoms with Crippen LogP contribution in [0, 0.1) is 16.7 Å². The van der Waals surface area contributed by atoms with E-state index in [9.17, 15) is 5.11 Å². The summed E-state index contributed by atoms with van der Waals surface area (Å²) in [7, 11) is 0. The predicted octanol–water partition coefficient (Wildman–Crippen LogP) is 1.31. The molecule has 1 rings (SSSR count). The van der Waals surface area contributed by atoms with Gasteiger partial charge in [-0.25, -0.2) is 0 Å².